The Bertz CT molecular complexity index is 418. The predicted molar refractivity (Wildman–Crippen MR) is 64.8 cm³/mol. The van der Waals surface area contributed by atoms with Crippen molar-refractivity contribution in [1.29, 1.82) is 0 Å². The van der Waals surface area contributed by atoms with Crippen LogP contribution in [0.5, 0.6) is 5.75 Å². The van der Waals surface area contributed by atoms with Gasteiger partial charge in [-0.25, -0.2) is 0 Å². The van der Waals surface area contributed by atoms with Crippen molar-refractivity contribution in [2.45, 2.75) is 20.3 Å². The van der Waals surface area contributed by atoms with E-state index in [1.165, 1.54) is 6.07 Å². The minimum atomic E-state index is -4.94. The molecular formula is C12H15BF3KO. The Morgan fingerprint density at radius 2 is 1.94 bits per heavy atom. The summed E-state index contributed by atoms with van der Waals surface area (Å²) in [6, 6.07) is 3.55. The molecule has 0 saturated carbocycles. The average molecular weight is 282 g/mol. The smallest absolute Gasteiger partial charge is 0.493 e. The minimum absolute atomic E-state index is 0. The number of hydrogen-bond donors (Lipinski definition) is 0. The molecule has 18 heavy (non-hydrogen) atoms. The van der Waals surface area contributed by atoms with Gasteiger partial charge in [0.2, 0.25) is 0 Å². The van der Waals surface area contributed by atoms with E-state index in [4.69, 9.17) is 4.74 Å². The number of aryl methyl sites for hydroxylation is 1. The summed E-state index contributed by atoms with van der Waals surface area (Å²) in [5.41, 5.74) is 0.899. The Morgan fingerprint density at radius 3 is 2.39 bits per heavy atom. The normalized spacial score (nSPS) is 10.7. The summed E-state index contributed by atoms with van der Waals surface area (Å²) in [6.07, 6.45) is 0.699. The average Bonchev–Trinajstić information content (AvgIpc) is 2.18. The van der Waals surface area contributed by atoms with Crippen LogP contribution < -0.4 is 61.6 Å². The molecule has 0 aliphatic carbocycles. The second kappa shape index (κ2) is 7.75. The first-order valence-corrected chi connectivity index (χ1v) is 5.38. The standard InChI is InChI=1S/C12H15BF3O.K/c1-9(2)6-7-17-12-5-4-11(8-10(12)3)13(14,15)16;/h4-5,8H,1,6-7H2,2-3H3;/q-1;+1. The molecule has 0 unspecified atom stereocenters. The van der Waals surface area contributed by atoms with Gasteiger partial charge in [0.15, 0.2) is 0 Å². The third-order valence-electron chi connectivity index (χ3n) is 2.36. The maximum absolute atomic E-state index is 12.5. The van der Waals surface area contributed by atoms with Gasteiger partial charge in [-0.05, 0) is 25.5 Å². The van der Waals surface area contributed by atoms with Crippen molar-refractivity contribution < 1.29 is 69.1 Å². The zero-order chi connectivity index (χ0) is 13.1. The van der Waals surface area contributed by atoms with Gasteiger partial charge in [-0.15, -0.1) is 12.0 Å². The van der Waals surface area contributed by atoms with E-state index in [0.717, 1.165) is 17.7 Å². The number of halogens is 3. The van der Waals surface area contributed by atoms with E-state index >= 15 is 0 Å². The maximum Gasteiger partial charge on any atom is 1.00 e. The molecule has 1 nitrogen and oxygen atoms in total. The van der Waals surface area contributed by atoms with Gasteiger partial charge in [0.05, 0.1) is 6.61 Å². The third-order valence-corrected chi connectivity index (χ3v) is 2.36. The number of rotatable bonds is 5. The van der Waals surface area contributed by atoms with Gasteiger partial charge in [0.25, 0.3) is 0 Å². The molecule has 0 heterocycles. The van der Waals surface area contributed by atoms with Crippen LogP contribution in [0.4, 0.5) is 12.9 Å². The summed E-state index contributed by atoms with van der Waals surface area (Å²) in [4.78, 5) is 0. The number of hydrogen-bond acceptors (Lipinski definition) is 1. The fraction of sp³-hybridized carbons (Fsp3) is 0.333. The van der Waals surface area contributed by atoms with E-state index in [0.29, 0.717) is 24.3 Å². The monoisotopic (exact) mass is 282 g/mol. The molecule has 1 aromatic carbocycles. The van der Waals surface area contributed by atoms with Gasteiger partial charge < -0.3 is 17.7 Å². The van der Waals surface area contributed by atoms with Gasteiger partial charge in [0, 0.05) is 6.42 Å². The van der Waals surface area contributed by atoms with Crippen LogP contribution in [0.2, 0.25) is 0 Å². The van der Waals surface area contributed by atoms with Crippen LogP contribution >= 0.6 is 0 Å². The molecule has 0 radical (unpaired) electrons. The molecule has 1 rings (SSSR count). The van der Waals surface area contributed by atoms with Crippen LogP contribution in [0.1, 0.15) is 18.9 Å². The number of benzene rings is 1. The Kier molecular flexibility index (Phi) is 7.86. The fourth-order valence-corrected chi connectivity index (χ4v) is 1.37. The van der Waals surface area contributed by atoms with Crippen molar-refractivity contribution in [2.75, 3.05) is 6.61 Å². The van der Waals surface area contributed by atoms with Gasteiger partial charge in [-0.2, -0.15) is 0 Å². The van der Waals surface area contributed by atoms with E-state index in [2.05, 4.69) is 6.58 Å². The van der Waals surface area contributed by atoms with E-state index in [1.807, 2.05) is 6.92 Å². The van der Waals surface area contributed by atoms with Gasteiger partial charge in [-0.3, -0.25) is 0 Å². The molecule has 0 fully saturated rings. The molecule has 0 bridgehead atoms. The summed E-state index contributed by atoms with van der Waals surface area (Å²) >= 11 is 0. The minimum Gasteiger partial charge on any atom is -0.493 e. The third kappa shape index (κ3) is 5.93. The molecule has 0 spiro atoms. The molecule has 0 amide bonds. The van der Waals surface area contributed by atoms with Crippen molar-refractivity contribution >= 4 is 12.4 Å². The topological polar surface area (TPSA) is 9.23 Å². The van der Waals surface area contributed by atoms with Gasteiger partial charge >= 0.3 is 58.4 Å². The maximum atomic E-state index is 12.5. The summed E-state index contributed by atoms with van der Waals surface area (Å²) in [7, 11) is 0. The molecule has 0 saturated heterocycles. The van der Waals surface area contributed by atoms with Crippen LogP contribution in [-0.4, -0.2) is 13.6 Å². The number of ether oxygens (including phenoxy) is 1. The van der Waals surface area contributed by atoms with Crippen molar-refractivity contribution in [1.82, 2.24) is 0 Å². The van der Waals surface area contributed by atoms with Crippen LogP contribution in [0.3, 0.4) is 0 Å². The van der Waals surface area contributed by atoms with Crippen LogP contribution in [0.15, 0.2) is 30.4 Å². The van der Waals surface area contributed by atoms with E-state index in [-0.39, 0.29) is 51.4 Å². The zero-order valence-electron chi connectivity index (χ0n) is 11.0. The molecule has 0 aliphatic rings. The van der Waals surface area contributed by atoms with Crippen molar-refractivity contribution in [2.24, 2.45) is 0 Å². The summed E-state index contributed by atoms with van der Waals surface area (Å²) in [5.74, 6) is 0.495. The summed E-state index contributed by atoms with van der Waals surface area (Å²) < 4.78 is 42.8. The summed E-state index contributed by atoms with van der Waals surface area (Å²) in [5, 5.41) is 0. The molecule has 0 N–H and O–H groups in total. The Morgan fingerprint density at radius 1 is 1.33 bits per heavy atom. The van der Waals surface area contributed by atoms with Crippen LogP contribution in [0, 0.1) is 6.92 Å². The van der Waals surface area contributed by atoms with Crippen molar-refractivity contribution in [3.63, 3.8) is 0 Å². The molecule has 6 heteroatoms. The van der Waals surface area contributed by atoms with Crippen LogP contribution in [-0.2, 0) is 0 Å². The SMILES string of the molecule is C=C(C)CCOc1ccc([B-](F)(F)F)cc1C.[K+]. The second-order valence-electron chi connectivity index (χ2n) is 4.16. The van der Waals surface area contributed by atoms with E-state index in [9.17, 15) is 12.9 Å². The largest absolute Gasteiger partial charge is 1.00 e. The van der Waals surface area contributed by atoms with E-state index in [1.54, 1.807) is 6.92 Å². The Balaban J connectivity index is 0.00000289. The molecule has 0 atom stereocenters. The fourth-order valence-electron chi connectivity index (χ4n) is 1.37. The van der Waals surface area contributed by atoms with Crippen molar-refractivity contribution in [3.8, 4) is 5.75 Å². The second-order valence-corrected chi connectivity index (χ2v) is 4.16. The molecule has 94 valence electrons. The summed E-state index contributed by atoms with van der Waals surface area (Å²) in [6.45, 7) is 2.72. The first kappa shape index (κ1) is 18.3. The molecule has 0 aliphatic heterocycles. The Labute approximate surface area is 148 Å². The quantitative estimate of drug-likeness (QED) is 0.561. The molecule has 1 aromatic rings. The van der Waals surface area contributed by atoms with Crippen molar-refractivity contribution in [3.05, 3.63) is 35.9 Å². The zero-order valence-corrected chi connectivity index (χ0v) is 14.1. The van der Waals surface area contributed by atoms with Gasteiger partial charge in [0.1, 0.15) is 5.75 Å². The molecular weight excluding hydrogens is 267 g/mol. The van der Waals surface area contributed by atoms with Crippen LogP contribution in [0.25, 0.3) is 0 Å². The van der Waals surface area contributed by atoms with E-state index < -0.39 is 12.4 Å². The first-order valence-electron chi connectivity index (χ1n) is 5.38. The van der Waals surface area contributed by atoms with Gasteiger partial charge in [-0.1, -0.05) is 17.7 Å². The first-order chi connectivity index (χ1) is 7.80. The predicted octanol–water partition coefficient (Wildman–Crippen LogP) is 0.398. The Hall–Kier alpha value is 0.251. The molecule has 0 aromatic heterocycles.